The van der Waals surface area contributed by atoms with Crippen LogP contribution in [0.25, 0.3) is 0 Å². The highest BCUT2D eigenvalue weighted by atomic mass is 79.9. The van der Waals surface area contributed by atoms with E-state index in [9.17, 15) is 5.11 Å². The number of rotatable bonds is 3. The Morgan fingerprint density at radius 1 is 1.11 bits per heavy atom. The molecule has 0 amide bonds. The van der Waals surface area contributed by atoms with Crippen molar-refractivity contribution in [1.29, 1.82) is 0 Å². The second-order valence-corrected chi connectivity index (χ2v) is 6.12. The van der Waals surface area contributed by atoms with E-state index in [1.807, 2.05) is 31.2 Å². The molecule has 2 aromatic rings. The smallest absolute Gasteiger partial charge is 0.0831 e. The van der Waals surface area contributed by atoms with Gasteiger partial charge in [0.1, 0.15) is 0 Å². The second kappa shape index (κ2) is 5.95. The number of hydrogen-bond donors (Lipinski definition) is 1. The fourth-order valence-electron chi connectivity index (χ4n) is 1.87. The first kappa shape index (κ1) is 13.7. The zero-order chi connectivity index (χ0) is 13.1. The van der Waals surface area contributed by atoms with Crippen LogP contribution >= 0.6 is 31.9 Å². The highest BCUT2D eigenvalue weighted by Gasteiger charge is 2.10. The van der Waals surface area contributed by atoms with Crippen molar-refractivity contribution in [2.45, 2.75) is 19.4 Å². The second-order valence-electron chi connectivity index (χ2n) is 4.29. The molecular weight excluding hydrogens is 358 g/mol. The van der Waals surface area contributed by atoms with Gasteiger partial charge in [0.2, 0.25) is 0 Å². The van der Waals surface area contributed by atoms with Crippen molar-refractivity contribution in [1.82, 2.24) is 4.98 Å². The minimum absolute atomic E-state index is 0.516. The number of halogens is 2. The summed E-state index contributed by atoms with van der Waals surface area (Å²) in [5, 5.41) is 10.2. The quantitative estimate of drug-likeness (QED) is 0.878. The average molecular weight is 371 g/mol. The Balaban J connectivity index is 2.19. The molecule has 1 N–H and O–H groups in total. The van der Waals surface area contributed by atoms with Crippen LogP contribution in [0.4, 0.5) is 0 Å². The molecule has 1 unspecified atom stereocenters. The van der Waals surface area contributed by atoms with Crippen LogP contribution in [0.1, 0.15) is 22.8 Å². The van der Waals surface area contributed by atoms with Crippen molar-refractivity contribution < 1.29 is 5.11 Å². The minimum Gasteiger partial charge on any atom is -0.388 e. The van der Waals surface area contributed by atoms with Gasteiger partial charge in [-0.05, 0) is 57.7 Å². The third-order valence-electron chi connectivity index (χ3n) is 2.64. The molecule has 94 valence electrons. The molecule has 0 radical (unpaired) electrons. The minimum atomic E-state index is -0.516. The average Bonchev–Trinajstić information content (AvgIpc) is 2.27. The summed E-state index contributed by atoms with van der Waals surface area (Å²) in [4.78, 5) is 4.10. The van der Waals surface area contributed by atoms with Crippen LogP contribution in [0.15, 0.2) is 45.6 Å². The Kier molecular flexibility index (Phi) is 4.54. The molecule has 2 nitrogen and oxygen atoms in total. The first-order valence-electron chi connectivity index (χ1n) is 5.59. The monoisotopic (exact) mass is 369 g/mol. The summed E-state index contributed by atoms with van der Waals surface area (Å²) in [6, 6.07) is 7.95. The number of aromatic nitrogens is 1. The van der Waals surface area contributed by atoms with E-state index in [-0.39, 0.29) is 0 Å². The summed E-state index contributed by atoms with van der Waals surface area (Å²) in [7, 11) is 0. The van der Waals surface area contributed by atoms with Gasteiger partial charge in [-0.1, -0.05) is 22.0 Å². The zero-order valence-corrected chi connectivity index (χ0v) is 13.1. The van der Waals surface area contributed by atoms with Crippen LogP contribution in [0.3, 0.4) is 0 Å². The number of benzene rings is 1. The molecule has 0 spiro atoms. The van der Waals surface area contributed by atoms with Crippen LogP contribution in [-0.4, -0.2) is 10.1 Å². The van der Waals surface area contributed by atoms with Gasteiger partial charge in [-0.2, -0.15) is 0 Å². The SMILES string of the molecule is Cc1cc(Br)cc(C(O)Cc2cncc(Br)c2)c1. The van der Waals surface area contributed by atoms with E-state index in [1.165, 1.54) is 0 Å². The van der Waals surface area contributed by atoms with Gasteiger partial charge in [-0.3, -0.25) is 4.98 Å². The third kappa shape index (κ3) is 3.64. The first-order valence-corrected chi connectivity index (χ1v) is 7.18. The predicted octanol–water partition coefficient (Wildman–Crippen LogP) is 4.19. The summed E-state index contributed by atoms with van der Waals surface area (Å²) in [6.45, 7) is 2.02. The fraction of sp³-hybridized carbons (Fsp3) is 0.214. The van der Waals surface area contributed by atoms with Crippen molar-refractivity contribution in [2.75, 3.05) is 0 Å². The number of pyridine rings is 1. The molecule has 1 aromatic carbocycles. The van der Waals surface area contributed by atoms with Crippen molar-refractivity contribution in [3.8, 4) is 0 Å². The van der Waals surface area contributed by atoms with E-state index in [1.54, 1.807) is 12.4 Å². The van der Waals surface area contributed by atoms with Crippen LogP contribution in [0.2, 0.25) is 0 Å². The van der Waals surface area contributed by atoms with Gasteiger partial charge in [-0.15, -0.1) is 0 Å². The molecule has 0 fully saturated rings. The third-order valence-corrected chi connectivity index (χ3v) is 3.53. The standard InChI is InChI=1S/C14H13Br2NO/c1-9-2-11(6-12(15)3-9)14(18)5-10-4-13(16)8-17-7-10/h2-4,6-8,14,18H,5H2,1H3. The summed E-state index contributed by atoms with van der Waals surface area (Å²) in [6.07, 6.45) is 3.55. The largest absolute Gasteiger partial charge is 0.388 e. The highest BCUT2D eigenvalue weighted by Crippen LogP contribution is 2.24. The van der Waals surface area contributed by atoms with Crippen molar-refractivity contribution in [2.24, 2.45) is 0 Å². The van der Waals surface area contributed by atoms with Gasteiger partial charge in [0.25, 0.3) is 0 Å². The molecule has 0 aliphatic carbocycles. The zero-order valence-electron chi connectivity index (χ0n) is 9.90. The van der Waals surface area contributed by atoms with E-state index in [0.717, 1.165) is 25.6 Å². The van der Waals surface area contributed by atoms with Gasteiger partial charge >= 0.3 is 0 Å². The van der Waals surface area contributed by atoms with Crippen molar-refractivity contribution in [3.05, 3.63) is 62.3 Å². The lowest BCUT2D eigenvalue weighted by atomic mass is 10.0. The molecule has 0 aliphatic rings. The molecule has 2 rings (SSSR count). The Labute approximate surface area is 123 Å². The summed E-state index contributed by atoms with van der Waals surface area (Å²) in [5.41, 5.74) is 3.06. The summed E-state index contributed by atoms with van der Waals surface area (Å²) in [5.74, 6) is 0. The maximum atomic E-state index is 10.2. The molecule has 0 aliphatic heterocycles. The number of aliphatic hydroxyl groups is 1. The van der Waals surface area contributed by atoms with Crippen molar-refractivity contribution >= 4 is 31.9 Å². The fourth-order valence-corrected chi connectivity index (χ4v) is 2.90. The van der Waals surface area contributed by atoms with Gasteiger partial charge in [-0.25, -0.2) is 0 Å². The molecular formula is C14H13Br2NO. The van der Waals surface area contributed by atoms with Gasteiger partial charge in [0.05, 0.1) is 6.10 Å². The van der Waals surface area contributed by atoms with Crippen molar-refractivity contribution in [3.63, 3.8) is 0 Å². The molecule has 1 aromatic heterocycles. The molecule has 4 heteroatoms. The van der Waals surface area contributed by atoms with Crippen LogP contribution < -0.4 is 0 Å². The normalized spacial score (nSPS) is 12.4. The first-order chi connectivity index (χ1) is 8.54. The lowest BCUT2D eigenvalue weighted by Gasteiger charge is -2.12. The number of nitrogens with zero attached hydrogens (tertiary/aromatic N) is 1. The Hall–Kier alpha value is -0.710. The van der Waals surface area contributed by atoms with E-state index in [2.05, 4.69) is 36.8 Å². The van der Waals surface area contributed by atoms with Crippen LogP contribution in [0, 0.1) is 6.92 Å². The number of aliphatic hydroxyl groups excluding tert-OH is 1. The maximum absolute atomic E-state index is 10.2. The lowest BCUT2D eigenvalue weighted by molar-refractivity contribution is 0.178. The van der Waals surface area contributed by atoms with Gasteiger partial charge in [0.15, 0.2) is 0 Å². The number of aryl methyl sites for hydroxylation is 1. The lowest BCUT2D eigenvalue weighted by Crippen LogP contribution is -2.02. The van der Waals surface area contributed by atoms with Gasteiger partial charge < -0.3 is 5.11 Å². The van der Waals surface area contributed by atoms with E-state index >= 15 is 0 Å². The Morgan fingerprint density at radius 3 is 2.56 bits per heavy atom. The molecule has 0 saturated heterocycles. The Bertz CT molecular complexity index is 537. The van der Waals surface area contributed by atoms with Gasteiger partial charge in [0, 0.05) is 27.8 Å². The number of hydrogen-bond acceptors (Lipinski definition) is 2. The Morgan fingerprint density at radius 2 is 1.89 bits per heavy atom. The maximum Gasteiger partial charge on any atom is 0.0831 e. The molecule has 1 heterocycles. The molecule has 18 heavy (non-hydrogen) atoms. The predicted molar refractivity (Wildman–Crippen MR) is 79.5 cm³/mol. The summed E-state index contributed by atoms with van der Waals surface area (Å²) >= 11 is 6.83. The topological polar surface area (TPSA) is 33.1 Å². The molecule has 1 atom stereocenters. The van der Waals surface area contributed by atoms with E-state index in [0.29, 0.717) is 6.42 Å². The van der Waals surface area contributed by atoms with Crippen LogP contribution in [0.5, 0.6) is 0 Å². The molecule has 0 bridgehead atoms. The van der Waals surface area contributed by atoms with E-state index < -0.39 is 6.10 Å². The van der Waals surface area contributed by atoms with E-state index in [4.69, 9.17) is 0 Å². The molecule has 0 saturated carbocycles. The van der Waals surface area contributed by atoms with Crippen LogP contribution in [-0.2, 0) is 6.42 Å². The summed E-state index contributed by atoms with van der Waals surface area (Å²) < 4.78 is 1.92. The highest BCUT2D eigenvalue weighted by molar-refractivity contribution is 9.10.